The van der Waals surface area contributed by atoms with Crippen LogP contribution in [0, 0.1) is 0 Å². The van der Waals surface area contributed by atoms with Crippen LogP contribution in [0.5, 0.6) is 0 Å². The third kappa shape index (κ3) is 5.69. The molecule has 0 bridgehead atoms. The van der Waals surface area contributed by atoms with Gasteiger partial charge in [0.15, 0.2) is 0 Å². The average molecular weight is 464 g/mol. The Kier molecular flexibility index (Phi) is 7.22. The quantitative estimate of drug-likeness (QED) is 0.459. The summed E-state index contributed by atoms with van der Waals surface area (Å²) in [7, 11) is 0. The van der Waals surface area contributed by atoms with Crippen LogP contribution in [-0.2, 0) is 0 Å². The highest BCUT2D eigenvalue weighted by Gasteiger charge is 2.14. The molecular formula is C25H26ClN5O2. The predicted octanol–water partition coefficient (Wildman–Crippen LogP) is 4.06. The second kappa shape index (κ2) is 10.5. The summed E-state index contributed by atoms with van der Waals surface area (Å²) in [6.07, 6.45) is 3.97. The van der Waals surface area contributed by atoms with Crippen LogP contribution in [0.15, 0.2) is 60.8 Å². The molecule has 0 aliphatic carbocycles. The number of amides is 2. The van der Waals surface area contributed by atoms with E-state index in [1.165, 1.54) is 19.0 Å². The van der Waals surface area contributed by atoms with E-state index < -0.39 is 0 Å². The fourth-order valence-corrected chi connectivity index (χ4v) is 4.07. The van der Waals surface area contributed by atoms with Gasteiger partial charge in [-0.05, 0) is 56.3 Å². The Balaban J connectivity index is 1.38. The molecular weight excluding hydrogens is 438 g/mol. The highest BCUT2D eigenvalue weighted by Crippen LogP contribution is 2.27. The lowest BCUT2D eigenvalue weighted by Crippen LogP contribution is -2.33. The van der Waals surface area contributed by atoms with E-state index >= 15 is 0 Å². The van der Waals surface area contributed by atoms with Crippen LogP contribution in [0.2, 0.25) is 5.02 Å². The van der Waals surface area contributed by atoms with E-state index in [2.05, 4.69) is 20.5 Å². The molecule has 0 atom stereocenters. The summed E-state index contributed by atoms with van der Waals surface area (Å²) in [6.45, 7) is 3.63. The van der Waals surface area contributed by atoms with Crippen molar-refractivity contribution in [1.82, 2.24) is 15.2 Å². The smallest absolute Gasteiger partial charge is 0.255 e. The molecule has 33 heavy (non-hydrogen) atoms. The highest BCUT2D eigenvalue weighted by atomic mass is 35.5. The van der Waals surface area contributed by atoms with E-state index in [-0.39, 0.29) is 11.8 Å². The van der Waals surface area contributed by atoms with Gasteiger partial charge in [-0.15, -0.1) is 0 Å². The Morgan fingerprint density at radius 2 is 1.73 bits per heavy atom. The van der Waals surface area contributed by atoms with Gasteiger partial charge in [-0.25, -0.2) is 0 Å². The molecule has 0 radical (unpaired) electrons. The molecule has 2 amide bonds. The first kappa shape index (κ1) is 22.8. The summed E-state index contributed by atoms with van der Waals surface area (Å²) in [6, 6.07) is 15.6. The van der Waals surface area contributed by atoms with Crippen molar-refractivity contribution in [3.05, 3.63) is 76.9 Å². The van der Waals surface area contributed by atoms with Gasteiger partial charge in [0.05, 0.1) is 27.7 Å². The maximum atomic E-state index is 12.5. The number of carbonyl (C=O) groups excluding carboxylic acids is 2. The van der Waals surface area contributed by atoms with E-state index in [1.54, 1.807) is 54.6 Å². The van der Waals surface area contributed by atoms with E-state index in [1.807, 2.05) is 0 Å². The summed E-state index contributed by atoms with van der Waals surface area (Å²) < 4.78 is 0. The number of rotatable bonds is 7. The van der Waals surface area contributed by atoms with Crippen molar-refractivity contribution in [2.45, 2.75) is 12.8 Å². The number of hydrogen-bond acceptors (Lipinski definition) is 5. The molecule has 3 aromatic rings. The molecule has 0 saturated carbocycles. The summed E-state index contributed by atoms with van der Waals surface area (Å²) in [4.78, 5) is 31.7. The monoisotopic (exact) mass is 463 g/mol. The van der Waals surface area contributed by atoms with Gasteiger partial charge in [0, 0.05) is 30.4 Å². The number of nitrogens with one attached hydrogen (secondary N) is 2. The molecule has 8 heteroatoms. The number of halogens is 1. The van der Waals surface area contributed by atoms with Gasteiger partial charge in [-0.1, -0.05) is 35.9 Å². The fraction of sp³-hybridized carbons (Fsp3) is 0.240. The molecule has 2 aromatic carbocycles. The number of anilines is 2. The number of nitrogen functional groups attached to an aromatic ring is 1. The maximum Gasteiger partial charge on any atom is 0.255 e. The van der Waals surface area contributed by atoms with Gasteiger partial charge in [-0.2, -0.15) is 0 Å². The SMILES string of the molecule is Nc1ccccc1NC(=O)c1ccc(-c2ncc(C(=O)NCCN3CCCC3)cc2Cl)cc1. The van der Waals surface area contributed by atoms with E-state index in [4.69, 9.17) is 17.3 Å². The molecule has 1 fully saturated rings. The maximum absolute atomic E-state index is 12.5. The Morgan fingerprint density at radius 3 is 2.42 bits per heavy atom. The van der Waals surface area contributed by atoms with Crippen molar-refractivity contribution in [3.8, 4) is 11.3 Å². The Hall–Kier alpha value is -3.42. The number of nitrogens with zero attached hydrogens (tertiary/aromatic N) is 2. The lowest BCUT2D eigenvalue weighted by atomic mass is 10.1. The second-order valence-electron chi connectivity index (χ2n) is 7.98. The van der Waals surface area contributed by atoms with Crippen LogP contribution >= 0.6 is 11.6 Å². The predicted molar refractivity (Wildman–Crippen MR) is 131 cm³/mol. The zero-order valence-corrected chi connectivity index (χ0v) is 18.9. The first-order valence-electron chi connectivity index (χ1n) is 10.9. The van der Waals surface area contributed by atoms with Crippen LogP contribution in [-0.4, -0.2) is 47.9 Å². The molecule has 2 heterocycles. The number of aromatic nitrogens is 1. The Bertz CT molecular complexity index is 1140. The van der Waals surface area contributed by atoms with Crippen LogP contribution in [0.3, 0.4) is 0 Å². The third-order valence-electron chi connectivity index (χ3n) is 5.65. The molecule has 1 aromatic heterocycles. The van der Waals surface area contributed by atoms with Crippen molar-refractivity contribution < 1.29 is 9.59 Å². The van der Waals surface area contributed by atoms with Gasteiger partial charge in [-0.3, -0.25) is 14.6 Å². The number of para-hydroxylation sites is 2. The lowest BCUT2D eigenvalue weighted by Gasteiger charge is -2.14. The minimum absolute atomic E-state index is 0.192. The van der Waals surface area contributed by atoms with Crippen LogP contribution in [0.1, 0.15) is 33.6 Å². The fourth-order valence-electron chi connectivity index (χ4n) is 3.80. The average Bonchev–Trinajstić information content (AvgIpc) is 3.34. The number of hydrogen-bond donors (Lipinski definition) is 3. The molecule has 7 nitrogen and oxygen atoms in total. The molecule has 170 valence electrons. The number of nitrogens with two attached hydrogens (primary N) is 1. The number of pyridine rings is 1. The molecule has 4 N–H and O–H groups in total. The Morgan fingerprint density at radius 1 is 1.00 bits per heavy atom. The van der Waals surface area contributed by atoms with Crippen LogP contribution in [0.4, 0.5) is 11.4 Å². The zero-order chi connectivity index (χ0) is 23.2. The largest absolute Gasteiger partial charge is 0.397 e. The summed E-state index contributed by atoms with van der Waals surface area (Å²) in [5.74, 6) is -0.457. The molecule has 1 aliphatic rings. The van der Waals surface area contributed by atoms with E-state index in [0.717, 1.165) is 25.2 Å². The molecule has 0 unspecified atom stereocenters. The first-order valence-corrected chi connectivity index (χ1v) is 11.3. The van der Waals surface area contributed by atoms with E-state index in [0.29, 0.717) is 39.8 Å². The van der Waals surface area contributed by atoms with Crippen LogP contribution in [0.25, 0.3) is 11.3 Å². The van der Waals surface area contributed by atoms with Crippen molar-refractivity contribution >= 4 is 34.8 Å². The summed E-state index contributed by atoms with van der Waals surface area (Å²) in [5.41, 5.74) is 9.13. The van der Waals surface area contributed by atoms with E-state index in [9.17, 15) is 9.59 Å². The van der Waals surface area contributed by atoms with Crippen molar-refractivity contribution in [2.75, 3.05) is 37.2 Å². The van der Waals surface area contributed by atoms with Gasteiger partial charge < -0.3 is 21.3 Å². The Labute approximate surface area is 198 Å². The molecule has 1 saturated heterocycles. The van der Waals surface area contributed by atoms with Gasteiger partial charge >= 0.3 is 0 Å². The van der Waals surface area contributed by atoms with Gasteiger partial charge in [0.25, 0.3) is 11.8 Å². The van der Waals surface area contributed by atoms with Gasteiger partial charge in [0.2, 0.25) is 0 Å². The normalized spacial score (nSPS) is 13.6. The summed E-state index contributed by atoms with van der Waals surface area (Å²) >= 11 is 6.43. The summed E-state index contributed by atoms with van der Waals surface area (Å²) in [5, 5.41) is 6.09. The van der Waals surface area contributed by atoms with Gasteiger partial charge in [0.1, 0.15) is 0 Å². The number of likely N-dealkylation sites (tertiary alicyclic amines) is 1. The van der Waals surface area contributed by atoms with Crippen molar-refractivity contribution in [1.29, 1.82) is 0 Å². The first-order chi connectivity index (χ1) is 16.0. The van der Waals surface area contributed by atoms with Crippen LogP contribution < -0.4 is 16.4 Å². The molecule has 1 aliphatic heterocycles. The number of carbonyl (C=O) groups is 2. The minimum atomic E-state index is -0.264. The topological polar surface area (TPSA) is 100 Å². The van der Waals surface area contributed by atoms with Crippen molar-refractivity contribution in [2.24, 2.45) is 0 Å². The molecule has 0 spiro atoms. The highest BCUT2D eigenvalue weighted by molar-refractivity contribution is 6.33. The number of benzene rings is 2. The third-order valence-corrected chi connectivity index (χ3v) is 5.93. The second-order valence-corrected chi connectivity index (χ2v) is 8.38. The molecule has 4 rings (SSSR count). The lowest BCUT2D eigenvalue weighted by molar-refractivity contribution is 0.0948. The minimum Gasteiger partial charge on any atom is -0.397 e. The zero-order valence-electron chi connectivity index (χ0n) is 18.2. The van der Waals surface area contributed by atoms with Crippen molar-refractivity contribution in [3.63, 3.8) is 0 Å². The standard InChI is InChI=1S/C25H26ClN5O2/c26-20-15-19(24(32)28-11-14-31-12-3-4-13-31)16-29-23(20)17-7-9-18(10-8-17)25(33)30-22-6-2-1-5-21(22)27/h1-2,5-10,15-16H,3-4,11-14,27H2,(H,28,32)(H,30,33).